The first-order valence-electron chi connectivity index (χ1n) is 7.76. The third kappa shape index (κ3) is 3.69. The van der Waals surface area contributed by atoms with Crippen LogP contribution in [0.15, 0.2) is 0 Å². The van der Waals surface area contributed by atoms with Crippen LogP contribution < -0.4 is 5.32 Å². The van der Waals surface area contributed by atoms with Crippen molar-refractivity contribution in [3.63, 3.8) is 0 Å². The highest BCUT2D eigenvalue weighted by Crippen LogP contribution is 2.36. The van der Waals surface area contributed by atoms with Crippen LogP contribution in [0.5, 0.6) is 0 Å². The summed E-state index contributed by atoms with van der Waals surface area (Å²) in [7, 11) is 2.10. The van der Waals surface area contributed by atoms with E-state index in [1.54, 1.807) is 0 Å². The summed E-state index contributed by atoms with van der Waals surface area (Å²) in [6, 6.07) is 0. The Morgan fingerprint density at radius 1 is 1.28 bits per heavy atom. The smallest absolute Gasteiger partial charge is 0.0700 e. The highest BCUT2D eigenvalue weighted by molar-refractivity contribution is 4.88. The molecule has 0 aromatic rings. The van der Waals surface area contributed by atoms with E-state index in [-0.39, 0.29) is 0 Å². The zero-order chi connectivity index (χ0) is 12.8. The fourth-order valence-electron chi connectivity index (χ4n) is 3.71. The molecule has 1 unspecified atom stereocenters. The first kappa shape index (κ1) is 14.3. The van der Waals surface area contributed by atoms with E-state index in [1.807, 2.05) is 0 Å². The summed E-state index contributed by atoms with van der Waals surface area (Å²) in [5.41, 5.74) is 0.530. The van der Waals surface area contributed by atoms with Crippen LogP contribution >= 0.6 is 0 Å². The van der Waals surface area contributed by atoms with E-state index in [9.17, 15) is 0 Å². The molecule has 1 atom stereocenters. The van der Waals surface area contributed by atoms with Gasteiger partial charge in [-0.25, -0.2) is 0 Å². The number of ether oxygens (including phenoxy) is 1. The highest BCUT2D eigenvalue weighted by Gasteiger charge is 2.34. The summed E-state index contributed by atoms with van der Waals surface area (Å²) in [5.74, 6) is 0. The number of nitrogens with zero attached hydrogens (tertiary/aromatic N) is 1. The lowest BCUT2D eigenvalue weighted by Gasteiger charge is -2.43. The second-order valence-corrected chi connectivity index (χ2v) is 6.23. The SMILES string of the molecule is CCC1CN(CC2(CNC)CCCCC2)CCO1. The molecule has 1 saturated heterocycles. The molecule has 0 aromatic carbocycles. The molecule has 0 radical (unpaired) electrons. The van der Waals surface area contributed by atoms with Crippen LogP contribution in [-0.2, 0) is 4.74 Å². The number of morpholine rings is 1. The van der Waals surface area contributed by atoms with E-state index in [0.29, 0.717) is 11.5 Å². The lowest BCUT2D eigenvalue weighted by atomic mass is 9.73. The van der Waals surface area contributed by atoms with Gasteiger partial charge in [-0.05, 0) is 31.7 Å². The van der Waals surface area contributed by atoms with Gasteiger partial charge in [-0.1, -0.05) is 26.2 Å². The van der Waals surface area contributed by atoms with Gasteiger partial charge in [0.25, 0.3) is 0 Å². The van der Waals surface area contributed by atoms with Crippen molar-refractivity contribution in [1.82, 2.24) is 10.2 Å². The van der Waals surface area contributed by atoms with Crippen molar-refractivity contribution in [1.29, 1.82) is 0 Å². The average molecular weight is 254 g/mol. The number of rotatable bonds is 5. The summed E-state index contributed by atoms with van der Waals surface area (Å²) in [6.45, 7) is 7.88. The summed E-state index contributed by atoms with van der Waals surface area (Å²) >= 11 is 0. The molecule has 106 valence electrons. The zero-order valence-corrected chi connectivity index (χ0v) is 12.2. The first-order chi connectivity index (χ1) is 8.78. The number of nitrogens with one attached hydrogen (secondary N) is 1. The Balaban J connectivity index is 1.91. The van der Waals surface area contributed by atoms with Crippen LogP contribution in [0.25, 0.3) is 0 Å². The maximum atomic E-state index is 5.78. The summed E-state index contributed by atoms with van der Waals surface area (Å²) in [6.07, 6.45) is 8.70. The third-order valence-electron chi connectivity index (χ3n) is 4.70. The van der Waals surface area contributed by atoms with E-state index in [4.69, 9.17) is 4.74 Å². The molecule has 1 aliphatic heterocycles. The molecule has 1 heterocycles. The summed E-state index contributed by atoms with van der Waals surface area (Å²) in [4.78, 5) is 2.65. The Kier molecular flexibility index (Phi) is 5.46. The van der Waals surface area contributed by atoms with Crippen molar-refractivity contribution < 1.29 is 4.74 Å². The van der Waals surface area contributed by atoms with Gasteiger partial charge in [0.2, 0.25) is 0 Å². The topological polar surface area (TPSA) is 24.5 Å². The highest BCUT2D eigenvalue weighted by atomic mass is 16.5. The Hall–Kier alpha value is -0.120. The Bertz CT molecular complexity index is 233. The van der Waals surface area contributed by atoms with Crippen molar-refractivity contribution in [3.05, 3.63) is 0 Å². The quantitative estimate of drug-likeness (QED) is 0.814. The van der Waals surface area contributed by atoms with E-state index in [0.717, 1.165) is 26.1 Å². The van der Waals surface area contributed by atoms with Crippen LogP contribution in [0, 0.1) is 5.41 Å². The van der Waals surface area contributed by atoms with Crippen molar-refractivity contribution in [2.24, 2.45) is 5.41 Å². The molecular weight excluding hydrogens is 224 g/mol. The monoisotopic (exact) mass is 254 g/mol. The van der Waals surface area contributed by atoms with Crippen molar-refractivity contribution >= 4 is 0 Å². The van der Waals surface area contributed by atoms with Crippen molar-refractivity contribution in [3.8, 4) is 0 Å². The van der Waals surface area contributed by atoms with E-state index < -0.39 is 0 Å². The minimum atomic E-state index is 0.467. The lowest BCUT2D eigenvalue weighted by molar-refractivity contribution is -0.0462. The van der Waals surface area contributed by atoms with Gasteiger partial charge in [-0.15, -0.1) is 0 Å². The van der Waals surface area contributed by atoms with Crippen LogP contribution in [0.3, 0.4) is 0 Å². The first-order valence-corrected chi connectivity index (χ1v) is 7.76. The summed E-state index contributed by atoms with van der Waals surface area (Å²) < 4.78 is 5.78. The van der Waals surface area contributed by atoms with Gasteiger partial charge in [-0.2, -0.15) is 0 Å². The van der Waals surface area contributed by atoms with Crippen LogP contribution in [-0.4, -0.2) is 50.8 Å². The molecule has 2 rings (SSSR count). The molecule has 3 heteroatoms. The van der Waals surface area contributed by atoms with Gasteiger partial charge < -0.3 is 10.1 Å². The van der Waals surface area contributed by atoms with Crippen molar-refractivity contribution in [2.75, 3.05) is 39.8 Å². The van der Waals surface area contributed by atoms with Crippen LogP contribution in [0.4, 0.5) is 0 Å². The zero-order valence-electron chi connectivity index (χ0n) is 12.2. The average Bonchev–Trinajstić information content (AvgIpc) is 2.40. The Morgan fingerprint density at radius 3 is 2.72 bits per heavy atom. The number of hydrogen-bond acceptors (Lipinski definition) is 3. The van der Waals surface area contributed by atoms with E-state index in [1.165, 1.54) is 45.2 Å². The second-order valence-electron chi connectivity index (χ2n) is 6.23. The van der Waals surface area contributed by atoms with Gasteiger partial charge in [-0.3, -0.25) is 4.90 Å². The van der Waals surface area contributed by atoms with Crippen molar-refractivity contribution in [2.45, 2.75) is 51.6 Å². The molecule has 0 spiro atoms. The fourth-order valence-corrected chi connectivity index (χ4v) is 3.71. The van der Waals surface area contributed by atoms with E-state index in [2.05, 4.69) is 24.2 Å². The Labute approximate surface area is 112 Å². The third-order valence-corrected chi connectivity index (χ3v) is 4.70. The number of hydrogen-bond donors (Lipinski definition) is 1. The maximum absolute atomic E-state index is 5.78. The van der Waals surface area contributed by atoms with Gasteiger partial charge in [0.15, 0.2) is 0 Å². The molecule has 2 aliphatic rings. The molecule has 1 saturated carbocycles. The summed E-state index contributed by atoms with van der Waals surface area (Å²) in [5, 5.41) is 3.44. The van der Waals surface area contributed by atoms with Gasteiger partial charge >= 0.3 is 0 Å². The maximum Gasteiger partial charge on any atom is 0.0700 e. The predicted molar refractivity (Wildman–Crippen MR) is 75.9 cm³/mol. The van der Waals surface area contributed by atoms with Crippen LogP contribution in [0.1, 0.15) is 45.4 Å². The minimum absolute atomic E-state index is 0.467. The fraction of sp³-hybridized carbons (Fsp3) is 1.00. The van der Waals surface area contributed by atoms with E-state index >= 15 is 0 Å². The minimum Gasteiger partial charge on any atom is -0.376 e. The normalized spacial score (nSPS) is 29.3. The van der Waals surface area contributed by atoms with Gasteiger partial charge in [0.1, 0.15) is 0 Å². The van der Waals surface area contributed by atoms with Crippen LogP contribution in [0.2, 0.25) is 0 Å². The molecule has 2 fully saturated rings. The van der Waals surface area contributed by atoms with Gasteiger partial charge in [0.05, 0.1) is 12.7 Å². The Morgan fingerprint density at radius 2 is 2.06 bits per heavy atom. The predicted octanol–water partition coefficient (Wildman–Crippen LogP) is 2.27. The second kappa shape index (κ2) is 6.88. The molecule has 3 nitrogen and oxygen atoms in total. The molecule has 1 N–H and O–H groups in total. The molecule has 0 amide bonds. The largest absolute Gasteiger partial charge is 0.376 e. The molecule has 1 aliphatic carbocycles. The molecule has 18 heavy (non-hydrogen) atoms. The van der Waals surface area contributed by atoms with Gasteiger partial charge in [0, 0.05) is 26.2 Å². The molecule has 0 bridgehead atoms. The molecule has 0 aromatic heterocycles. The molecular formula is C15H30N2O. The standard InChI is InChI=1S/C15H30N2O/c1-3-14-11-17(9-10-18-14)13-15(12-16-2)7-5-4-6-8-15/h14,16H,3-13H2,1-2H3. The lowest BCUT2D eigenvalue weighted by Crippen LogP contribution is -2.50.